The average Bonchev–Trinajstić information content (AvgIpc) is 2.92. The Kier molecular flexibility index (Phi) is 3.05. The highest BCUT2D eigenvalue weighted by Gasteiger charge is 2.05. The smallest absolute Gasteiger partial charge is 0.262 e. The number of hydrogen-bond acceptors (Lipinski definition) is 3. The molecule has 3 aromatic rings. The molecule has 96 valence electrons. The molecule has 3 rings (SSSR count). The van der Waals surface area contributed by atoms with Crippen molar-refractivity contribution in [3.63, 3.8) is 0 Å². The number of aryl methyl sites for hydroxylation is 1. The summed E-state index contributed by atoms with van der Waals surface area (Å²) in [6.45, 7) is 0.506. The number of H-pyrrole nitrogens is 1. The van der Waals surface area contributed by atoms with Crippen LogP contribution in [0.1, 0.15) is 5.76 Å². The van der Waals surface area contributed by atoms with Gasteiger partial charge in [0.25, 0.3) is 5.56 Å². The Labute approximate surface area is 114 Å². The second kappa shape index (κ2) is 4.85. The van der Waals surface area contributed by atoms with Gasteiger partial charge in [-0.1, -0.05) is 12.1 Å². The van der Waals surface area contributed by atoms with Crippen molar-refractivity contribution in [2.45, 2.75) is 13.0 Å². The van der Waals surface area contributed by atoms with Crippen molar-refractivity contribution in [1.82, 2.24) is 9.55 Å². The van der Waals surface area contributed by atoms with Crippen LogP contribution >= 0.6 is 12.2 Å². The second-order valence-electron chi connectivity index (χ2n) is 4.26. The summed E-state index contributed by atoms with van der Waals surface area (Å²) in [5.41, 5.74) is 0.706. The Morgan fingerprint density at radius 2 is 2.05 bits per heavy atom. The van der Waals surface area contributed by atoms with Crippen LogP contribution in [0.2, 0.25) is 0 Å². The van der Waals surface area contributed by atoms with Gasteiger partial charge in [-0.15, -0.1) is 0 Å². The minimum absolute atomic E-state index is 0.0640. The topological polar surface area (TPSA) is 50.9 Å². The zero-order valence-corrected chi connectivity index (χ0v) is 10.9. The van der Waals surface area contributed by atoms with Crippen molar-refractivity contribution in [3.8, 4) is 0 Å². The van der Waals surface area contributed by atoms with Gasteiger partial charge in [-0.05, 0) is 36.5 Å². The summed E-state index contributed by atoms with van der Waals surface area (Å²) >= 11 is 5.24. The number of rotatable bonds is 3. The van der Waals surface area contributed by atoms with Crippen LogP contribution in [0.4, 0.5) is 0 Å². The van der Waals surface area contributed by atoms with Gasteiger partial charge in [-0.2, -0.15) is 0 Å². The first kappa shape index (κ1) is 11.9. The van der Waals surface area contributed by atoms with Gasteiger partial charge in [0, 0.05) is 13.0 Å². The van der Waals surface area contributed by atoms with Crippen molar-refractivity contribution in [3.05, 3.63) is 63.5 Å². The van der Waals surface area contributed by atoms with E-state index < -0.39 is 0 Å². The van der Waals surface area contributed by atoms with Gasteiger partial charge in [-0.3, -0.25) is 9.36 Å². The monoisotopic (exact) mass is 272 g/mol. The highest BCUT2D eigenvalue weighted by atomic mass is 32.1. The lowest BCUT2D eigenvalue weighted by molar-refractivity contribution is 0.486. The molecular formula is C14H12N2O2S. The molecule has 0 fully saturated rings. The van der Waals surface area contributed by atoms with Gasteiger partial charge in [0.05, 0.1) is 17.2 Å². The minimum atomic E-state index is -0.0640. The van der Waals surface area contributed by atoms with Crippen molar-refractivity contribution in [1.29, 1.82) is 0 Å². The van der Waals surface area contributed by atoms with Crippen LogP contribution in [0.3, 0.4) is 0 Å². The van der Waals surface area contributed by atoms with Crippen LogP contribution in [0, 0.1) is 4.77 Å². The summed E-state index contributed by atoms with van der Waals surface area (Å²) in [4.78, 5) is 15.4. The van der Waals surface area contributed by atoms with E-state index in [1.807, 2.05) is 30.3 Å². The summed E-state index contributed by atoms with van der Waals surface area (Å²) in [6.07, 6.45) is 2.27. The fraction of sp³-hybridized carbons (Fsp3) is 0.143. The maximum atomic E-state index is 12.4. The zero-order valence-electron chi connectivity index (χ0n) is 10.1. The molecule has 0 aliphatic heterocycles. The molecule has 1 N–H and O–H groups in total. The Hall–Kier alpha value is -2.14. The number of aromatic nitrogens is 2. The third-order valence-corrected chi connectivity index (χ3v) is 3.37. The van der Waals surface area contributed by atoms with Gasteiger partial charge in [0.15, 0.2) is 4.77 Å². The SMILES string of the molecule is O=c1c2ccccc2[nH]c(=S)n1CCc1ccco1. The number of hydrogen-bond donors (Lipinski definition) is 1. The number of para-hydroxylation sites is 1. The lowest BCUT2D eigenvalue weighted by Gasteiger charge is -2.06. The van der Waals surface area contributed by atoms with E-state index in [0.29, 0.717) is 23.1 Å². The molecule has 0 bridgehead atoms. The van der Waals surface area contributed by atoms with Crippen molar-refractivity contribution < 1.29 is 4.42 Å². The number of fused-ring (bicyclic) bond motifs is 1. The number of benzene rings is 1. The van der Waals surface area contributed by atoms with E-state index >= 15 is 0 Å². The Balaban J connectivity index is 2.04. The lowest BCUT2D eigenvalue weighted by atomic mass is 10.2. The van der Waals surface area contributed by atoms with E-state index in [-0.39, 0.29) is 5.56 Å². The van der Waals surface area contributed by atoms with E-state index in [2.05, 4.69) is 4.98 Å². The maximum absolute atomic E-state index is 12.4. The molecule has 0 radical (unpaired) electrons. The van der Waals surface area contributed by atoms with E-state index in [1.54, 1.807) is 16.9 Å². The Morgan fingerprint density at radius 1 is 1.21 bits per heavy atom. The van der Waals surface area contributed by atoms with Crippen LogP contribution < -0.4 is 5.56 Å². The number of nitrogens with one attached hydrogen (secondary N) is 1. The molecule has 2 heterocycles. The molecular weight excluding hydrogens is 260 g/mol. The predicted molar refractivity (Wildman–Crippen MR) is 75.8 cm³/mol. The fourth-order valence-corrected chi connectivity index (χ4v) is 2.36. The zero-order chi connectivity index (χ0) is 13.2. The van der Waals surface area contributed by atoms with Crippen LogP contribution in [0.5, 0.6) is 0 Å². The normalized spacial score (nSPS) is 10.9. The standard InChI is InChI=1S/C14H12N2O2S/c17-13-11-5-1-2-6-12(11)15-14(19)16(13)8-7-10-4-3-9-18-10/h1-6,9H,7-8H2,(H,15,19). The number of aromatic amines is 1. The van der Waals surface area contributed by atoms with E-state index in [0.717, 1.165) is 11.3 Å². The Bertz CT molecular complexity index is 815. The first-order valence-corrected chi connectivity index (χ1v) is 6.41. The van der Waals surface area contributed by atoms with Crippen LogP contribution in [-0.4, -0.2) is 9.55 Å². The Morgan fingerprint density at radius 3 is 2.84 bits per heavy atom. The molecule has 0 saturated heterocycles. The average molecular weight is 272 g/mol. The molecule has 0 spiro atoms. The first-order chi connectivity index (χ1) is 9.25. The third kappa shape index (κ3) is 2.24. The quantitative estimate of drug-likeness (QED) is 0.746. The molecule has 4 nitrogen and oxygen atoms in total. The molecule has 1 aromatic carbocycles. The van der Waals surface area contributed by atoms with Gasteiger partial charge >= 0.3 is 0 Å². The summed E-state index contributed by atoms with van der Waals surface area (Å²) in [5, 5.41) is 0.649. The molecule has 0 atom stereocenters. The fourth-order valence-electron chi connectivity index (χ4n) is 2.08. The van der Waals surface area contributed by atoms with E-state index in [1.165, 1.54) is 0 Å². The number of nitrogens with zero attached hydrogens (tertiary/aromatic N) is 1. The van der Waals surface area contributed by atoms with Crippen LogP contribution in [-0.2, 0) is 13.0 Å². The molecule has 19 heavy (non-hydrogen) atoms. The van der Waals surface area contributed by atoms with E-state index in [9.17, 15) is 4.79 Å². The van der Waals surface area contributed by atoms with Crippen LogP contribution in [0.15, 0.2) is 51.9 Å². The second-order valence-corrected chi connectivity index (χ2v) is 4.65. The summed E-state index contributed by atoms with van der Waals surface area (Å²) in [7, 11) is 0. The van der Waals surface area contributed by atoms with Crippen LogP contribution in [0.25, 0.3) is 10.9 Å². The lowest BCUT2D eigenvalue weighted by Crippen LogP contribution is -2.23. The largest absolute Gasteiger partial charge is 0.469 e. The predicted octanol–water partition coefficient (Wildman–Crippen LogP) is 2.89. The highest BCUT2D eigenvalue weighted by molar-refractivity contribution is 7.71. The minimum Gasteiger partial charge on any atom is -0.469 e. The molecule has 2 aromatic heterocycles. The van der Waals surface area contributed by atoms with Gasteiger partial charge in [0.2, 0.25) is 0 Å². The molecule has 5 heteroatoms. The van der Waals surface area contributed by atoms with Crippen molar-refractivity contribution in [2.24, 2.45) is 0 Å². The molecule has 0 unspecified atom stereocenters. The van der Waals surface area contributed by atoms with Gasteiger partial charge < -0.3 is 9.40 Å². The number of furan rings is 1. The molecule has 0 aliphatic carbocycles. The van der Waals surface area contributed by atoms with Gasteiger partial charge in [0.1, 0.15) is 5.76 Å². The van der Waals surface area contributed by atoms with Gasteiger partial charge in [-0.25, -0.2) is 0 Å². The highest BCUT2D eigenvalue weighted by Crippen LogP contribution is 2.07. The summed E-state index contributed by atoms with van der Waals surface area (Å²) in [5.74, 6) is 0.842. The molecule has 0 saturated carbocycles. The third-order valence-electron chi connectivity index (χ3n) is 3.05. The van der Waals surface area contributed by atoms with Crippen molar-refractivity contribution >= 4 is 23.1 Å². The maximum Gasteiger partial charge on any atom is 0.262 e. The summed E-state index contributed by atoms with van der Waals surface area (Å²) < 4.78 is 7.27. The summed E-state index contributed by atoms with van der Waals surface area (Å²) in [6, 6.07) is 11.1. The van der Waals surface area contributed by atoms with E-state index in [4.69, 9.17) is 16.6 Å². The first-order valence-electron chi connectivity index (χ1n) is 6.00. The van der Waals surface area contributed by atoms with Crippen molar-refractivity contribution in [2.75, 3.05) is 0 Å². The molecule has 0 amide bonds. The molecule has 0 aliphatic rings.